The number of hydrogen-bond donors (Lipinski definition) is 0. The molecule has 5 nitrogen and oxygen atoms in total. The van der Waals surface area contributed by atoms with Crippen molar-refractivity contribution in [2.75, 3.05) is 0 Å². The minimum absolute atomic E-state index is 0.349. The van der Waals surface area contributed by atoms with Crippen LogP contribution in [-0.2, 0) is 9.47 Å². The van der Waals surface area contributed by atoms with Crippen molar-refractivity contribution in [3.8, 4) is 11.6 Å². The molecule has 2 atom stereocenters. The summed E-state index contributed by atoms with van der Waals surface area (Å²) in [6.45, 7) is 11.5. The fourth-order valence-electron chi connectivity index (χ4n) is 2.44. The van der Waals surface area contributed by atoms with Crippen LogP contribution in [0.3, 0.4) is 0 Å². The standard InChI is InChI=1S/C21H33NO4/c1-5-9-11-13-20(23-7-3)25-18-15-16-19(22-17-18)26-21(24-8-4)14-12-10-6-2/h7-8,15-17,20-21H,3-6,9-14H2,1-2H3. The van der Waals surface area contributed by atoms with Gasteiger partial charge in [-0.25, -0.2) is 4.98 Å². The SMILES string of the molecule is C=COC(CCCCC)Oc1ccc(OC(CCCCC)OC=C)nc1. The zero-order valence-corrected chi connectivity index (χ0v) is 16.2. The number of rotatable bonds is 16. The van der Waals surface area contributed by atoms with Crippen LogP contribution < -0.4 is 9.47 Å². The van der Waals surface area contributed by atoms with Gasteiger partial charge in [0.15, 0.2) is 0 Å². The van der Waals surface area contributed by atoms with E-state index in [0.29, 0.717) is 11.6 Å². The van der Waals surface area contributed by atoms with Gasteiger partial charge in [-0.15, -0.1) is 0 Å². The van der Waals surface area contributed by atoms with Gasteiger partial charge in [0.2, 0.25) is 18.5 Å². The van der Waals surface area contributed by atoms with E-state index in [4.69, 9.17) is 18.9 Å². The highest BCUT2D eigenvalue weighted by atomic mass is 16.7. The van der Waals surface area contributed by atoms with E-state index in [9.17, 15) is 0 Å². The van der Waals surface area contributed by atoms with Gasteiger partial charge >= 0.3 is 0 Å². The van der Waals surface area contributed by atoms with Gasteiger partial charge in [-0.1, -0.05) is 52.7 Å². The molecule has 1 heterocycles. The van der Waals surface area contributed by atoms with Gasteiger partial charge in [0.05, 0.1) is 18.7 Å². The third-order valence-corrected chi connectivity index (χ3v) is 3.81. The number of aromatic nitrogens is 1. The third-order valence-electron chi connectivity index (χ3n) is 3.81. The Kier molecular flexibility index (Phi) is 11.8. The lowest BCUT2D eigenvalue weighted by Crippen LogP contribution is -2.19. The molecule has 1 aromatic heterocycles. The van der Waals surface area contributed by atoms with Crippen LogP contribution >= 0.6 is 0 Å². The number of hydrogen-bond acceptors (Lipinski definition) is 5. The fraction of sp³-hybridized carbons (Fsp3) is 0.571. The van der Waals surface area contributed by atoms with E-state index in [1.54, 1.807) is 12.3 Å². The second-order valence-electron chi connectivity index (χ2n) is 6.02. The zero-order chi connectivity index (χ0) is 19.0. The average Bonchev–Trinajstić information content (AvgIpc) is 2.64. The van der Waals surface area contributed by atoms with Crippen LogP contribution in [0.4, 0.5) is 0 Å². The van der Waals surface area contributed by atoms with E-state index in [1.165, 1.54) is 12.5 Å². The Morgan fingerprint density at radius 1 is 0.885 bits per heavy atom. The molecule has 0 bridgehead atoms. The van der Waals surface area contributed by atoms with Crippen LogP contribution in [0.25, 0.3) is 0 Å². The lowest BCUT2D eigenvalue weighted by molar-refractivity contribution is -0.0411. The van der Waals surface area contributed by atoms with Crippen molar-refractivity contribution in [2.45, 2.75) is 77.8 Å². The average molecular weight is 363 g/mol. The van der Waals surface area contributed by atoms with Crippen LogP contribution in [-0.4, -0.2) is 17.6 Å². The summed E-state index contributed by atoms with van der Waals surface area (Å²) in [5, 5.41) is 0. The van der Waals surface area contributed by atoms with Crippen molar-refractivity contribution in [1.29, 1.82) is 0 Å². The van der Waals surface area contributed by atoms with Crippen molar-refractivity contribution in [3.63, 3.8) is 0 Å². The predicted molar refractivity (Wildman–Crippen MR) is 104 cm³/mol. The molecule has 1 rings (SSSR count). The molecule has 0 aromatic carbocycles. The van der Waals surface area contributed by atoms with Crippen molar-refractivity contribution < 1.29 is 18.9 Å². The molecule has 0 N–H and O–H groups in total. The van der Waals surface area contributed by atoms with Gasteiger partial charge in [-0.2, -0.15) is 0 Å². The molecule has 0 aliphatic heterocycles. The highest BCUT2D eigenvalue weighted by Crippen LogP contribution is 2.20. The van der Waals surface area contributed by atoms with Gasteiger partial charge in [0, 0.05) is 18.9 Å². The second-order valence-corrected chi connectivity index (χ2v) is 6.02. The Morgan fingerprint density at radius 2 is 1.46 bits per heavy atom. The summed E-state index contributed by atoms with van der Waals surface area (Å²) in [5.41, 5.74) is 0. The summed E-state index contributed by atoms with van der Waals surface area (Å²) >= 11 is 0. The summed E-state index contributed by atoms with van der Waals surface area (Å²) in [5.74, 6) is 1.13. The summed E-state index contributed by atoms with van der Waals surface area (Å²) in [6, 6.07) is 3.59. The normalized spacial score (nSPS) is 12.7. The molecular weight excluding hydrogens is 330 g/mol. The first-order valence-electron chi connectivity index (χ1n) is 9.55. The number of ether oxygens (including phenoxy) is 4. The third kappa shape index (κ3) is 9.35. The summed E-state index contributed by atoms with van der Waals surface area (Å²) < 4.78 is 22.4. The van der Waals surface area contributed by atoms with E-state index >= 15 is 0 Å². The van der Waals surface area contributed by atoms with Gasteiger partial charge in [-0.3, -0.25) is 0 Å². The first kappa shape index (κ1) is 21.9. The van der Waals surface area contributed by atoms with Crippen molar-refractivity contribution in [3.05, 3.63) is 44.0 Å². The topological polar surface area (TPSA) is 49.8 Å². The van der Waals surface area contributed by atoms with Gasteiger partial charge in [0.1, 0.15) is 5.75 Å². The van der Waals surface area contributed by atoms with Crippen LogP contribution in [0.1, 0.15) is 65.2 Å². The lowest BCUT2D eigenvalue weighted by Gasteiger charge is -2.19. The maximum Gasteiger partial charge on any atom is 0.242 e. The Bertz CT molecular complexity index is 444. The molecule has 26 heavy (non-hydrogen) atoms. The second kappa shape index (κ2) is 14.0. The Morgan fingerprint density at radius 3 is 1.92 bits per heavy atom. The smallest absolute Gasteiger partial charge is 0.242 e. The van der Waals surface area contributed by atoms with E-state index in [0.717, 1.165) is 51.4 Å². The van der Waals surface area contributed by atoms with Gasteiger partial charge < -0.3 is 18.9 Å². The molecule has 146 valence electrons. The number of pyridine rings is 1. The van der Waals surface area contributed by atoms with Crippen molar-refractivity contribution in [1.82, 2.24) is 4.98 Å². The first-order valence-corrected chi connectivity index (χ1v) is 9.55. The number of unbranched alkanes of at least 4 members (excludes halogenated alkanes) is 4. The predicted octanol–water partition coefficient (Wildman–Crippen LogP) is 5.97. The molecule has 2 unspecified atom stereocenters. The minimum atomic E-state index is -0.371. The number of nitrogens with zero attached hydrogens (tertiary/aromatic N) is 1. The van der Waals surface area contributed by atoms with Crippen molar-refractivity contribution >= 4 is 0 Å². The van der Waals surface area contributed by atoms with Gasteiger partial charge in [-0.05, 0) is 18.9 Å². The van der Waals surface area contributed by atoms with E-state index in [2.05, 4.69) is 32.0 Å². The first-order chi connectivity index (χ1) is 12.7. The molecule has 0 saturated carbocycles. The minimum Gasteiger partial charge on any atom is -0.463 e. The van der Waals surface area contributed by atoms with E-state index in [1.807, 2.05) is 6.07 Å². The van der Waals surface area contributed by atoms with Crippen molar-refractivity contribution in [2.24, 2.45) is 0 Å². The zero-order valence-electron chi connectivity index (χ0n) is 16.2. The summed E-state index contributed by atoms with van der Waals surface area (Å²) in [4.78, 5) is 4.30. The Hall–Kier alpha value is -2.17. The lowest BCUT2D eigenvalue weighted by atomic mass is 10.2. The highest BCUT2D eigenvalue weighted by Gasteiger charge is 2.13. The molecule has 0 saturated heterocycles. The molecule has 0 fully saturated rings. The Labute approximate surface area is 158 Å². The molecule has 1 aromatic rings. The molecule has 0 aliphatic carbocycles. The van der Waals surface area contributed by atoms with Crippen LogP contribution in [0, 0.1) is 0 Å². The van der Waals surface area contributed by atoms with Crippen LogP contribution in [0.5, 0.6) is 11.6 Å². The summed E-state index contributed by atoms with van der Waals surface area (Å²) in [7, 11) is 0. The molecule has 5 heteroatoms. The van der Waals surface area contributed by atoms with Gasteiger partial charge in [0.25, 0.3) is 0 Å². The maximum atomic E-state index is 5.83. The Balaban J connectivity index is 2.55. The summed E-state index contributed by atoms with van der Waals surface area (Å²) in [6.07, 6.45) is 12.0. The highest BCUT2D eigenvalue weighted by molar-refractivity contribution is 5.23. The quantitative estimate of drug-likeness (QED) is 0.206. The largest absolute Gasteiger partial charge is 0.463 e. The van der Waals surface area contributed by atoms with Crippen LogP contribution in [0.2, 0.25) is 0 Å². The fourth-order valence-corrected chi connectivity index (χ4v) is 2.44. The molecule has 0 amide bonds. The molecule has 0 spiro atoms. The molecular formula is C21H33NO4. The molecule has 0 radical (unpaired) electrons. The maximum absolute atomic E-state index is 5.83. The van der Waals surface area contributed by atoms with Crippen LogP contribution in [0.15, 0.2) is 44.0 Å². The van der Waals surface area contributed by atoms with E-state index in [-0.39, 0.29) is 12.6 Å². The monoisotopic (exact) mass is 363 g/mol. The van der Waals surface area contributed by atoms with E-state index < -0.39 is 0 Å². The molecule has 0 aliphatic rings.